The van der Waals surface area contributed by atoms with Crippen LogP contribution in [-0.4, -0.2) is 6.04 Å². The predicted octanol–water partition coefficient (Wildman–Crippen LogP) is 4.79. The van der Waals surface area contributed by atoms with E-state index in [0.29, 0.717) is 13.2 Å². The molecular formula is C17H20BrNOS. The van der Waals surface area contributed by atoms with Gasteiger partial charge in [0.2, 0.25) is 0 Å². The summed E-state index contributed by atoms with van der Waals surface area (Å²) < 4.78 is 6.96. The summed E-state index contributed by atoms with van der Waals surface area (Å²) in [5.74, 6) is 0. The minimum absolute atomic E-state index is 0.657. The Morgan fingerprint density at radius 1 is 1.29 bits per heavy atom. The zero-order chi connectivity index (χ0) is 14.7. The van der Waals surface area contributed by atoms with Crippen molar-refractivity contribution in [3.63, 3.8) is 0 Å². The molecule has 0 radical (unpaired) electrons. The zero-order valence-corrected chi connectivity index (χ0v) is 14.6. The second-order valence-corrected chi connectivity index (χ2v) is 7.83. The Kier molecular flexibility index (Phi) is 5.11. The molecule has 4 heteroatoms. The third-order valence-corrected chi connectivity index (χ3v) is 5.22. The molecule has 0 bridgehead atoms. The first-order valence-electron chi connectivity index (χ1n) is 7.34. The van der Waals surface area contributed by atoms with E-state index in [2.05, 4.69) is 46.4 Å². The van der Waals surface area contributed by atoms with E-state index in [0.717, 1.165) is 17.1 Å². The van der Waals surface area contributed by atoms with Gasteiger partial charge in [0.1, 0.15) is 0 Å². The molecule has 0 saturated heterocycles. The van der Waals surface area contributed by atoms with Crippen molar-refractivity contribution in [3.05, 3.63) is 55.7 Å². The Balaban J connectivity index is 1.50. The molecule has 1 heterocycles. The molecule has 0 spiro atoms. The first-order chi connectivity index (χ1) is 10.2. The number of ether oxygens (including phenoxy) is 1. The molecule has 2 nitrogen and oxygen atoms in total. The van der Waals surface area contributed by atoms with E-state index in [1.54, 1.807) is 0 Å². The van der Waals surface area contributed by atoms with Crippen molar-refractivity contribution < 1.29 is 4.74 Å². The van der Waals surface area contributed by atoms with Gasteiger partial charge in [0.15, 0.2) is 0 Å². The Bertz CT molecular complexity index is 607. The lowest BCUT2D eigenvalue weighted by atomic mass is 10.2. The highest BCUT2D eigenvalue weighted by molar-refractivity contribution is 9.10. The molecule has 1 saturated carbocycles. The molecule has 0 unspecified atom stereocenters. The van der Waals surface area contributed by atoms with E-state index in [1.165, 1.54) is 33.7 Å². The van der Waals surface area contributed by atoms with Crippen LogP contribution in [-0.2, 0) is 24.5 Å². The van der Waals surface area contributed by atoms with Gasteiger partial charge in [0.25, 0.3) is 0 Å². The minimum Gasteiger partial charge on any atom is -0.372 e. The van der Waals surface area contributed by atoms with Crippen LogP contribution in [0.1, 0.15) is 33.7 Å². The number of nitrogens with one attached hydrogen (secondary N) is 1. The zero-order valence-electron chi connectivity index (χ0n) is 12.2. The molecule has 1 fully saturated rings. The quantitative estimate of drug-likeness (QED) is 0.761. The van der Waals surface area contributed by atoms with Gasteiger partial charge in [0, 0.05) is 26.8 Å². The maximum absolute atomic E-state index is 5.86. The fourth-order valence-electron chi connectivity index (χ4n) is 2.26. The molecule has 112 valence electrons. The number of hydrogen-bond donors (Lipinski definition) is 1. The summed E-state index contributed by atoms with van der Waals surface area (Å²) in [5.41, 5.74) is 2.52. The molecule has 1 aromatic carbocycles. The van der Waals surface area contributed by atoms with Crippen LogP contribution in [0.25, 0.3) is 0 Å². The van der Waals surface area contributed by atoms with E-state index in [-0.39, 0.29) is 0 Å². The summed E-state index contributed by atoms with van der Waals surface area (Å²) in [6, 6.07) is 11.3. The van der Waals surface area contributed by atoms with Crippen LogP contribution in [0.3, 0.4) is 0 Å². The SMILES string of the molecule is Cc1sc(CNC2CC2)cc1COCc1cccc(Br)c1. The summed E-state index contributed by atoms with van der Waals surface area (Å²) >= 11 is 5.37. The van der Waals surface area contributed by atoms with Gasteiger partial charge in [-0.15, -0.1) is 11.3 Å². The van der Waals surface area contributed by atoms with Crippen molar-refractivity contribution in [2.24, 2.45) is 0 Å². The Hall–Kier alpha value is -0.680. The van der Waals surface area contributed by atoms with Gasteiger partial charge in [-0.2, -0.15) is 0 Å². The molecule has 1 N–H and O–H groups in total. The van der Waals surface area contributed by atoms with Gasteiger partial charge in [-0.3, -0.25) is 0 Å². The van der Waals surface area contributed by atoms with Crippen LogP contribution in [0.4, 0.5) is 0 Å². The van der Waals surface area contributed by atoms with E-state index < -0.39 is 0 Å². The Morgan fingerprint density at radius 3 is 2.90 bits per heavy atom. The summed E-state index contributed by atoms with van der Waals surface area (Å²) in [5, 5.41) is 3.57. The molecule has 21 heavy (non-hydrogen) atoms. The highest BCUT2D eigenvalue weighted by Gasteiger charge is 2.20. The highest BCUT2D eigenvalue weighted by Crippen LogP contribution is 2.25. The normalized spacial score (nSPS) is 14.6. The number of rotatable bonds is 7. The van der Waals surface area contributed by atoms with Gasteiger partial charge in [0.05, 0.1) is 13.2 Å². The maximum Gasteiger partial charge on any atom is 0.0732 e. The number of aryl methyl sites for hydroxylation is 1. The largest absolute Gasteiger partial charge is 0.372 e. The summed E-state index contributed by atoms with van der Waals surface area (Å²) in [6.45, 7) is 4.54. The highest BCUT2D eigenvalue weighted by atomic mass is 79.9. The maximum atomic E-state index is 5.86. The van der Waals surface area contributed by atoms with E-state index in [1.807, 2.05) is 23.5 Å². The molecule has 1 aromatic heterocycles. The van der Waals surface area contributed by atoms with Gasteiger partial charge < -0.3 is 10.1 Å². The van der Waals surface area contributed by atoms with Crippen molar-refractivity contribution in [2.45, 2.75) is 45.6 Å². The van der Waals surface area contributed by atoms with Crippen molar-refractivity contribution in [1.29, 1.82) is 0 Å². The third kappa shape index (κ3) is 4.65. The van der Waals surface area contributed by atoms with E-state index >= 15 is 0 Å². The Morgan fingerprint density at radius 2 is 2.14 bits per heavy atom. The molecule has 0 atom stereocenters. The molecule has 1 aliphatic carbocycles. The number of hydrogen-bond acceptors (Lipinski definition) is 3. The lowest BCUT2D eigenvalue weighted by Gasteiger charge is -2.04. The summed E-state index contributed by atoms with van der Waals surface area (Å²) in [4.78, 5) is 2.79. The van der Waals surface area contributed by atoms with Gasteiger partial charge in [-0.05, 0) is 49.1 Å². The molecule has 3 rings (SSSR count). The second-order valence-electron chi connectivity index (χ2n) is 5.57. The predicted molar refractivity (Wildman–Crippen MR) is 91.6 cm³/mol. The monoisotopic (exact) mass is 365 g/mol. The van der Waals surface area contributed by atoms with E-state index in [9.17, 15) is 0 Å². The molecular weight excluding hydrogens is 346 g/mol. The number of halogens is 1. The third-order valence-electron chi connectivity index (χ3n) is 3.63. The molecule has 0 aliphatic heterocycles. The van der Waals surface area contributed by atoms with Crippen molar-refractivity contribution in [1.82, 2.24) is 5.32 Å². The van der Waals surface area contributed by atoms with Crippen molar-refractivity contribution in [3.8, 4) is 0 Å². The minimum atomic E-state index is 0.657. The first-order valence-corrected chi connectivity index (χ1v) is 8.95. The average molecular weight is 366 g/mol. The number of benzene rings is 1. The summed E-state index contributed by atoms with van der Waals surface area (Å²) in [7, 11) is 0. The van der Waals surface area contributed by atoms with Crippen LogP contribution in [0.5, 0.6) is 0 Å². The molecule has 1 aliphatic rings. The number of thiophene rings is 1. The fraction of sp³-hybridized carbons (Fsp3) is 0.412. The first kappa shape index (κ1) is 15.2. The fourth-order valence-corrected chi connectivity index (χ4v) is 3.70. The Labute approximate surface area is 138 Å². The second kappa shape index (κ2) is 7.05. The van der Waals surface area contributed by atoms with Crippen LogP contribution >= 0.6 is 27.3 Å². The van der Waals surface area contributed by atoms with Crippen LogP contribution < -0.4 is 5.32 Å². The average Bonchev–Trinajstić information content (AvgIpc) is 3.22. The van der Waals surface area contributed by atoms with Gasteiger partial charge >= 0.3 is 0 Å². The smallest absolute Gasteiger partial charge is 0.0732 e. The summed E-state index contributed by atoms with van der Waals surface area (Å²) in [6.07, 6.45) is 2.68. The lowest BCUT2D eigenvalue weighted by molar-refractivity contribution is 0.107. The molecule has 0 amide bonds. The van der Waals surface area contributed by atoms with E-state index in [4.69, 9.17) is 4.74 Å². The standard InChI is InChI=1S/C17H20BrNOS/c1-12-14(8-17(21-12)9-19-16-5-6-16)11-20-10-13-3-2-4-15(18)7-13/h2-4,7-8,16,19H,5-6,9-11H2,1H3. The van der Waals surface area contributed by atoms with Gasteiger partial charge in [-0.25, -0.2) is 0 Å². The topological polar surface area (TPSA) is 21.3 Å². The van der Waals surface area contributed by atoms with Gasteiger partial charge in [-0.1, -0.05) is 28.1 Å². The lowest BCUT2D eigenvalue weighted by Crippen LogP contribution is -2.14. The van der Waals surface area contributed by atoms with Crippen LogP contribution in [0.2, 0.25) is 0 Å². The van der Waals surface area contributed by atoms with Crippen molar-refractivity contribution in [2.75, 3.05) is 0 Å². The van der Waals surface area contributed by atoms with Crippen LogP contribution in [0, 0.1) is 6.92 Å². The van der Waals surface area contributed by atoms with Crippen LogP contribution in [0.15, 0.2) is 34.8 Å². The van der Waals surface area contributed by atoms with Crippen molar-refractivity contribution >= 4 is 27.3 Å². The molecule has 2 aromatic rings.